The zero-order valence-electron chi connectivity index (χ0n) is 10.4. The lowest BCUT2D eigenvalue weighted by Gasteiger charge is -2.09. The molecule has 0 fully saturated rings. The van der Waals surface area contributed by atoms with Crippen LogP contribution in [0.2, 0.25) is 5.02 Å². The molecule has 0 spiro atoms. The van der Waals surface area contributed by atoms with Crippen molar-refractivity contribution in [2.75, 3.05) is 6.54 Å². The van der Waals surface area contributed by atoms with E-state index in [1.807, 2.05) is 0 Å². The molecule has 1 N–H and O–H groups in total. The largest absolute Gasteiger partial charge is 0.472 e. The molecular formula is C13H14ClNO3S. The van der Waals surface area contributed by atoms with E-state index < -0.39 is 10.0 Å². The van der Waals surface area contributed by atoms with Crippen LogP contribution in [0.1, 0.15) is 11.1 Å². The van der Waals surface area contributed by atoms with E-state index >= 15 is 0 Å². The Morgan fingerprint density at radius 2 is 2.11 bits per heavy atom. The van der Waals surface area contributed by atoms with Gasteiger partial charge in [-0.2, -0.15) is 0 Å². The molecular weight excluding hydrogens is 286 g/mol. The molecule has 102 valence electrons. The molecule has 0 saturated heterocycles. The summed E-state index contributed by atoms with van der Waals surface area (Å²) in [7, 11) is -3.53. The van der Waals surface area contributed by atoms with E-state index in [1.54, 1.807) is 43.7 Å². The first-order valence-electron chi connectivity index (χ1n) is 5.76. The van der Waals surface area contributed by atoms with E-state index in [4.69, 9.17) is 16.0 Å². The molecule has 0 atom stereocenters. The van der Waals surface area contributed by atoms with Gasteiger partial charge in [0.15, 0.2) is 0 Å². The van der Waals surface area contributed by atoms with Crippen molar-refractivity contribution in [1.29, 1.82) is 0 Å². The standard InChI is InChI=1S/C13H14ClNO3S/c1-10-12(14)3-2-4-13(10)19(16,17)15-7-5-11-6-8-18-9-11/h2-4,6,8-9,15H,5,7H2,1H3. The Morgan fingerprint density at radius 1 is 1.32 bits per heavy atom. The van der Waals surface area contributed by atoms with Crippen molar-refractivity contribution in [2.45, 2.75) is 18.2 Å². The molecule has 0 radical (unpaired) electrons. The van der Waals surface area contributed by atoms with E-state index in [2.05, 4.69) is 4.72 Å². The Morgan fingerprint density at radius 3 is 2.79 bits per heavy atom. The fourth-order valence-corrected chi connectivity index (χ4v) is 3.25. The smallest absolute Gasteiger partial charge is 0.240 e. The zero-order valence-corrected chi connectivity index (χ0v) is 12.0. The van der Waals surface area contributed by atoms with Gasteiger partial charge in [0.25, 0.3) is 0 Å². The number of rotatable bonds is 5. The second kappa shape index (κ2) is 5.77. The van der Waals surface area contributed by atoms with Crippen molar-refractivity contribution in [3.63, 3.8) is 0 Å². The minimum Gasteiger partial charge on any atom is -0.472 e. The van der Waals surface area contributed by atoms with Crippen molar-refractivity contribution in [3.05, 3.63) is 52.9 Å². The van der Waals surface area contributed by atoms with Crippen LogP contribution in [0.15, 0.2) is 46.1 Å². The molecule has 1 aromatic carbocycles. The van der Waals surface area contributed by atoms with Crippen LogP contribution in [0.4, 0.5) is 0 Å². The Hall–Kier alpha value is -1.30. The molecule has 2 rings (SSSR count). The Kier molecular flexibility index (Phi) is 4.29. The number of hydrogen-bond donors (Lipinski definition) is 1. The number of sulfonamides is 1. The van der Waals surface area contributed by atoms with Gasteiger partial charge in [-0.25, -0.2) is 13.1 Å². The van der Waals surface area contributed by atoms with Gasteiger partial charge < -0.3 is 4.42 Å². The molecule has 6 heteroatoms. The van der Waals surface area contributed by atoms with E-state index in [0.29, 0.717) is 23.6 Å². The summed E-state index contributed by atoms with van der Waals surface area (Å²) in [4.78, 5) is 0.215. The predicted molar refractivity (Wildman–Crippen MR) is 73.8 cm³/mol. The summed E-state index contributed by atoms with van der Waals surface area (Å²) in [5, 5.41) is 0.442. The Balaban J connectivity index is 2.08. The topological polar surface area (TPSA) is 59.3 Å². The molecule has 2 aromatic rings. The number of benzene rings is 1. The quantitative estimate of drug-likeness (QED) is 0.923. The first-order valence-corrected chi connectivity index (χ1v) is 7.62. The maximum atomic E-state index is 12.1. The van der Waals surface area contributed by atoms with Crippen molar-refractivity contribution < 1.29 is 12.8 Å². The summed E-state index contributed by atoms with van der Waals surface area (Å²) in [6, 6.07) is 6.64. The van der Waals surface area contributed by atoms with E-state index in [1.165, 1.54) is 0 Å². The van der Waals surface area contributed by atoms with Crippen LogP contribution < -0.4 is 4.72 Å². The molecule has 0 saturated carbocycles. The van der Waals surface area contributed by atoms with Gasteiger partial charge in [-0.3, -0.25) is 0 Å². The molecule has 0 aliphatic heterocycles. The maximum absolute atomic E-state index is 12.1. The summed E-state index contributed by atoms with van der Waals surface area (Å²) in [5.74, 6) is 0. The zero-order chi connectivity index (χ0) is 13.9. The van der Waals surface area contributed by atoms with Gasteiger partial charge in [-0.1, -0.05) is 17.7 Å². The van der Waals surface area contributed by atoms with Gasteiger partial charge >= 0.3 is 0 Å². The van der Waals surface area contributed by atoms with Crippen molar-refractivity contribution >= 4 is 21.6 Å². The molecule has 4 nitrogen and oxygen atoms in total. The molecule has 19 heavy (non-hydrogen) atoms. The summed E-state index contributed by atoms with van der Waals surface area (Å²) < 4.78 is 31.8. The molecule has 0 aliphatic carbocycles. The van der Waals surface area contributed by atoms with Crippen LogP contribution in [-0.4, -0.2) is 15.0 Å². The molecule has 0 amide bonds. The lowest BCUT2D eigenvalue weighted by atomic mass is 10.2. The van der Waals surface area contributed by atoms with Crippen molar-refractivity contribution in [3.8, 4) is 0 Å². The average molecular weight is 300 g/mol. The van der Waals surface area contributed by atoms with Gasteiger partial charge in [0.05, 0.1) is 17.4 Å². The van der Waals surface area contributed by atoms with Crippen LogP contribution in [0.5, 0.6) is 0 Å². The lowest BCUT2D eigenvalue weighted by Crippen LogP contribution is -2.26. The van der Waals surface area contributed by atoms with E-state index in [9.17, 15) is 8.42 Å². The third-order valence-electron chi connectivity index (χ3n) is 2.79. The van der Waals surface area contributed by atoms with Gasteiger partial charge in [-0.15, -0.1) is 0 Å². The average Bonchev–Trinajstić information content (AvgIpc) is 2.85. The highest BCUT2D eigenvalue weighted by Crippen LogP contribution is 2.22. The van der Waals surface area contributed by atoms with Crippen molar-refractivity contribution in [1.82, 2.24) is 4.72 Å². The number of furan rings is 1. The monoisotopic (exact) mass is 299 g/mol. The minimum atomic E-state index is -3.53. The highest BCUT2D eigenvalue weighted by molar-refractivity contribution is 7.89. The molecule has 1 aromatic heterocycles. The van der Waals surface area contributed by atoms with Crippen LogP contribution in [0.25, 0.3) is 0 Å². The summed E-state index contributed by atoms with van der Waals surface area (Å²) in [6.07, 6.45) is 3.74. The van der Waals surface area contributed by atoms with Crippen LogP contribution >= 0.6 is 11.6 Å². The number of halogens is 1. The molecule has 0 unspecified atom stereocenters. The Labute approximate surface area is 117 Å². The fourth-order valence-electron chi connectivity index (χ4n) is 1.72. The predicted octanol–water partition coefficient (Wildman–Crippen LogP) is 2.76. The maximum Gasteiger partial charge on any atom is 0.240 e. The van der Waals surface area contributed by atoms with Gasteiger partial charge in [-0.05, 0) is 42.7 Å². The van der Waals surface area contributed by atoms with Gasteiger partial charge in [0.2, 0.25) is 10.0 Å². The summed E-state index contributed by atoms with van der Waals surface area (Å²) in [6.45, 7) is 2.00. The lowest BCUT2D eigenvalue weighted by molar-refractivity contribution is 0.562. The van der Waals surface area contributed by atoms with Gasteiger partial charge in [0, 0.05) is 11.6 Å². The SMILES string of the molecule is Cc1c(Cl)cccc1S(=O)(=O)NCCc1ccoc1. The fraction of sp³-hybridized carbons (Fsp3) is 0.231. The van der Waals surface area contributed by atoms with E-state index in [0.717, 1.165) is 5.56 Å². The van der Waals surface area contributed by atoms with Crippen LogP contribution in [0.3, 0.4) is 0 Å². The first kappa shape index (κ1) is 14.1. The van der Waals surface area contributed by atoms with Crippen LogP contribution in [0, 0.1) is 6.92 Å². The molecule has 0 aliphatic rings. The highest BCUT2D eigenvalue weighted by atomic mass is 35.5. The second-order valence-corrected chi connectivity index (χ2v) is 6.28. The molecule has 0 bridgehead atoms. The highest BCUT2D eigenvalue weighted by Gasteiger charge is 2.17. The molecule has 1 heterocycles. The summed E-state index contributed by atoms with van der Waals surface area (Å²) in [5.41, 5.74) is 1.51. The minimum absolute atomic E-state index is 0.215. The second-order valence-electron chi connectivity index (χ2n) is 4.14. The Bertz CT molecular complexity index is 651. The van der Waals surface area contributed by atoms with E-state index in [-0.39, 0.29) is 4.90 Å². The normalized spacial score (nSPS) is 11.7. The first-order chi connectivity index (χ1) is 9.00. The van der Waals surface area contributed by atoms with Crippen molar-refractivity contribution in [2.24, 2.45) is 0 Å². The third-order valence-corrected chi connectivity index (χ3v) is 4.81. The number of nitrogens with one attached hydrogen (secondary N) is 1. The van der Waals surface area contributed by atoms with Gasteiger partial charge in [0.1, 0.15) is 0 Å². The third kappa shape index (κ3) is 3.37. The van der Waals surface area contributed by atoms with Crippen LogP contribution in [-0.2, 0) is 16.4 Å². The summed E-state index contributed by atoms with van der Waals surface area (Å²) >= 11 is 5.93. The number of hydrogen-bond acceptors (Lipinski definition) is 3.